The second-order valence-electron chi connectivity index (χ2n) is 7.54. The molecule has 1 aromatic heterocycles. The molecule has 150 valence electrons. The van der Waals surface area contributed by atoms with E-state index in [4.69, 9.17) is 4.42 Å². The number of guanidine groups is 1. The lowest BCUT2D eigenvalue weighted by molar-refractivity contribution is -0.133. The van der Waals surface area contributed by atoms with Crippen LogP contribution in [0.25, 0.3) is 0 Å². The Morgan fingerprint density at radius 1 is 1.07 bits per heavy atom. The van der Waals surface area contributed by atoms with Gasteiger partial charge >= 0.3 is 0 Å². The van der Waals surface area contributed by atoms with Crippen LogP contribution < -0.4 is 5.32 Å². The molecule has 0 atom stereocenters. The Morgan fingerprint density at radius 2 is 1.78 bits per heavy atom. The van der Waals surface area contributed by atoms with E-state index in [0.29, 0.717) is 13.1 Å². The summed E-state index contributed by atoms with van der Waals surface area (Å²) < 4.78 is 5.59. The van der Waals surface area contributed by atoms with Gasteiger partial charge in [0.25, 0.3) is 0 Å². The molecule has 1 N–H and O–H groups in total. The fourth-order valence-electron chi connectivity index (χ4n) is 3.92. The zero-order chi connectivity index (χ0) is 19.2. The molecule has 7 heteroatoms. The predicted molar refractivity (Wildman–Crippen MR) is 107 cm³/mol. The highest BCUT2D eigenvalue weighted by molar-refractivity contribution is 5.80. The Hall–Kier alpha value is -2.02. The van der Waals surface area contributed by atoms with Gasteiger partial charge < -0.3 is 19.5 Å². The van der Waals surface area contributed by atoms with Crippen LogP contribution in [0.2, 0.25) is 0 Å². The number of piperazine rings is 1. The highest BCUT2D eigenvalue weighted by Gasteiger charge is 2.24. The molecule has 0 unspecified atom stereocenters. The number of likely N-dealkylation sites (tertiary alicyclic amines) is 1. The predicted octanol–water partition coefficient (Wildman–Crippen LogP) is 1.60. The fraction of sp³-hybridized carbons (Fsp3) is 0.700. The number of carbonyl (C=O) groups is 1. The summed E-state index contributed by atoms with van der Waals surface area (Å²) >= 11 is 0. The van der Waals surface area contributed by atoms with Crippen LogP contribution in [0.3, 0.4) is 0 Å². The molecule has 7 nitrogen and oxygen atoms in total. The summed E-state index contributed by atoms with van der Waals surface area (Å²) in [4.78, 5) is 23.5. The van der Waals surface area contributed by atoms with Gasteiger partial charge in [-0.1, -0.05) is 0 Å². The molecule has 1 aromatic rings. The van der Waals surface area contributed by atoms with E-state index in [0.717, 1.165) is 69.6 Å². The van der Waals surface area contributed by atoms with Gasteiger partial charge in [-0.15, -0.1) is 0 Å². The summed E-state index contributed by atoms with van der Waals surface area (Å²) in [7, 11) is 1.82. The van der Waals surface area contributed by atoms with Gasteiger partial charge in [-0.2, -0.15) is 0 Å². The maximum Gasteiger partial charge on any atom is 0.236 e. The number of rotatable bonds is 4. The molecular formula is C20H33N5O2. The minimum atomic E-state index is 0.288. The fourth-order valence-corrected chi connectivity index (χ4v) is 3.92. The molecule has 0 spiro atoms. The van der Waals surface area contributed by atoms with Crippen LogP contribution in [-0.4, -0.2) is 79.4 Å². The van der Waals surface area contributed by atoms with Crippen molar-refractivity contribution >= 4 is 11.9 Å². The van der Waals surface area contributed by atoms with Crippen LogP contribution >= 0.6 is 0 Å². The van der Waals surface area contributed by atoms with Gasteiger partial charge in [0, 0.05) is 58.4 Å². The monoisotopic (exact) mass is 375 g/mol. The van der Waals surface area contributed by atoms with Gasteiger partial charge in [0.15, 0.2) is 5.96 Å². The van der Waals surface area contributed by atoms with Crippen LogP contribution in [0.1, 0.15) is 36.3 Å². The van der Waals surface area contributed by atoms with Crippen LogP contribution in [-0.2, 0) is 11.3 Å². The highest BCUT2D eigenvalue weighted by atomic mass is 16.3. The maximum atomic E-state index is 12.5. The van der Waals surface area contributed by atoms with E-state index in [1.54, 1.807) is 0 Å². The van der Waals surface area contributed by atoms with Gasteiger partial charge in [0.05, 0.1) is 6.54 Å². The van der Waals surface area contributed by atoms with Crippen molar-refractivity contribution in [3.05, 3.63) is 23.2 Å². The highest BCUT2D eigenvalue weighted by Crippen LogP contribution is 2.14. The molecule has 2 saturated heterocycles. The maximum absolute atomic E-state index is 12.5. The molecule has 2 aliphatic heterocycles. The van der Waals surface area contributed by atoms with E-state index >= 15 is 0 Å². The number of carbonyl (C=O) groups excluding carboxylic acids is 1. The Kier molecular flexibility index (Phi) is 6.77. The number of aryl methyl sites for hydroxylation is 2. The zero-order valence-electron chi connectivity index (χ0n) is 17.0. The Bertz CT molecular complexity index is 655. The molecule has 3 rings (SSSR count). The number of piperidine rings is 1. The lowest BCUT2D eigenvalue weighted by atomic mass is 10.1. The average Bonchev–Trinajstić information content (AvgIpc) is 3.01. The SMILES string of the molecule is CN=C(NCc1cc(C)oc1C)N1CCN(CC(=O)N2CCCCC2)CC1. The Balaban J connectivity index is 1.44. The van der Waals surface area contributed by atoms with Crippen molar-refractivity contribution < 1.29 is 9.21 Å². The largest absolute Gasteiger partial charge is 0.466 e. The van der Waals surface area contributed by atoms with E-state index < -0.39 is 0 Å². The Labute approximate surface area is 162 Å². The van der Waals surface area contributed by atoms with E-state index in [1.807, 2.05) is 25.8 Å². The first-order valence-corrected chi connectivity index (χ1v) is 10.1. The summed E-state index contributed by atoms with van der Waals surface area (Å²) in [6, 6.07) is 2.07. The molecule has 0 aliphatic carbocycles. The van der Waals surface area contributed by atoms with Gasteiger partial charge in [-0.3, -0.25) is 14.7 Å². The number of amides is 1. The van der Waals surface area contributed by atoms with Crippen molar-refractivity contribution in [3.8, 4) is 0 Å². The van der Waals surface area contributed by atoms with E-state index in [1.165, 1.54) is 12.0 Å². The standard InChI is InChI=1S/C20H33N5O2/c1-16-13-18(17(2)27-16)14-22-20(21-3)25-11-9-23(10-12-25)15-19(26)24-7-5-4-6-8-24/h13H,4-12,14-15H2,1-3H3,(H,21,22). The van der Waals surface area contributed by atoms with Crippen molar-refractivity contribution in [1.82, 2.24) is 20.0 Å². The average molecular weight is 376 g/mol. The summed E-state index contributed by atoms with van der Waals surface area (Å²) in [6.45, 7) is 10.6. The van der Waals surface area contributed by atoms with Crippen LogP contribution in [0.5, 0.6) is 0 Å². The van der Waals surface area contributed by atoms with Crippen molar-refractivity contribution in [3.63, 3.8) is 0 Å². The topological polar surface area (TPSA) is 64.3 Å². The molecule has 0 bridgehead atoms. The molecule has 3 heterocycles. The molecule has 0 aromatic carbocycles. The number of furan rings is 1. The van der Waals surface area contributed by atoms with Crippen molar-refractivity contribution in [2.45, 2.75) is 39.7 Å². The van der Waals surface area contributed by atoms with E-state index in [-0.39, 0.29) is 5.91 Å². The quantitative estimate of drug-likeness (QED) is 0.640. The summed E-state index contributed by atoms with van der Waals surface area (Å²) in [5, 5.41) is 3.44. The van der Waals surface area contributed by atoms with Crippen molar-refractivity contribution in [2.75, 3.05) is 52.9 Å². The van der Waals surface area contributed by atoms with Crippen molar-refractivity contribution in [1.29, 1.82) is 0 Å². The first-order valence-electron chi connectivity index (χ1n) is 10.1. The lowest BCUT2D eigenvalue weighted by Crippen LogP contribution is -2.54. The second-order valence-corrected chi connectivity index (χ2v) is 7.54. The molecule has 2 aliphatic rings. The minimum Gasteiger partial charge on any atom is -0.466 e. The zero-order valence-corrected chi connectivity index (χ0v) is 17.0. The number of hydrogen-bond donors (Lipinski definition) is 1. The first-order chi connectivity index (χ1) is 13.1. The normalized spacial score (nSPS) is 19.4. The van der Waals surface area contributed by atoms with E-state index in [2.05, 4.69) is 26.2 Å². The Morgan fingerprint density at radius 3 is 2.37 bits per heavy atom. The number of aliphatic imine (C=N–C) groups is 1. The molecule has 0 saturated carbocycles. The third-order valence-electron chi connectivity index (χ3n) is 5.53. The molecule has 2 fully saturated rings. The number of hydrogen-bond acceptors (Lipinski definition) is 4. The second kappa shape index (κ2) is 9.26. The summed E-state index contributed by atoms with van der Waals surface area (Å²) in [5.41, 5.74) is 1.17. The third kappa shape index (κ3) is 5.25. The van der Waals surface area contributed by atoms with E-state index in [9.17, 15) is 4.79 Å². The van der Waals surface area contributed by atoms with Gasteiger partial charge in [-0.05, 0) is 39.2 Å². The number of nitrogens with one attached hydrogen (secondary N) is 1. The van der Waals surface area contributed by atoms with Crippen LogP contribution in [0, 0.1) is 13.8 Å². The first kappa shape index (κ1) is 19.7. The van der Waals surface area contributed by atoms with Crippen LogP contribution in [0.15, 0.2) is 15.5 Å². The molecule has 0 radical (unpaired) electrons. The van der Waals surface area contributed by atoms with Crippen molar-refractivity contribution in [2.24, 2.45) is 4.99 Å². The smallest absolute Gasteiger partial charge is 0.236 e. The lowest BCUT2D eigenvalue weighted by Gasteiger charge is -2.37. The van der Waals surface area contributed by atoms with Gasteiger partial charge in [-0.25, -0.2) is 0 Å². The van der Waals surface area contributed by atoms with Gasteiger partial charge in [0.2, 0.25) is 5.91 Å². The van der Waals surface area contributed by atoms with Crippen LogP contribution in [0.4, 0.5) is 0 Å². The molecule has 1 amide bonds. The molecule has 27 heavy (non-hydrogen) atoms. The van der Waals surface area contributed by atoms with Gasteiger partial charge in [0.1, 0.15) is 11.5 Å². The molecular weight excluding hydrogens is 342 g/mol. The summed E-state index contributed by atoms with van der Waals surface area (Å²) in [5.74, 6) is 3.09. The number of nitrogens with zero attached hydrogens (tertiary/aromatic N) is 4. The third-order valence-corrected chi connectivity index (χ3v) is 5.53. The minimum absolute atomic E-state index is 0.288. The summed E-state index contributed by atoms with van der Waals surface area (Å²) in [6.07, 6.45) is 3.56.